The lowest BCUT2D eigenvalue weighted by Crippen LogP contribution is -1.72. The molecule has 0 radical (unpaired) electrons. The van der Waals surface area contributed by atoms with Gasteiger partial charge in [-0.25, -0.2) is 0 Å². The molecule has 0 amide bonds. The van der Waals surface area contributed by atoms with E-state index in [2.05, 4.69) is 0 Å². The first kappa shape index (κ1) is 10.3. The van der Waals surface area contributed by atoms with Crippen molar-refractivity contribution in [3.05, 3.63) is 41.7 Å². The van der Waals surface area contributed by atoms with Gasteiger partial charge in [0, 0.05) is 0 Å². The predicted molar refractivity (Wildman–Crippen MR) is 58.9 cm³/mol. The van der Waals surface area contributed by atoms with E-state index in [0.29, 0.717) is 5.03 Å². The highest BCUT2D eigenvalue weighted by atomic mass is 35.9. The smallest absolute Gasteiger partial charge is 0.0836 e. The van der Waals surface area contributed by atoms with E-state index in [0.717, 1.165) is 5.56 Å². The van der Waals surface area contributed by atoms with E-state index in [9.17, 15) is 0 Å². The fraction of sp³-hybridized carbons (Fsp3) is 0. The lowest BCUT2D eigenvalue weighted by molar-refractivity contribution is 1.65. The van der Waals surface area contributed by atoms with Crippen LogP contribution in [-0.2, 0) is 0 Å². The van der Waals surface area contributed by atoms with Crippen LogP contribution in [0.1, 0.15) is 5.56 Å². The van der Waals surface area contributed by atoms with Crippen molar-refractivity contribution in [2.45, 2.75) is 0 Å². The van der Waals surface area contributed by atoms with Crippen molar-refractivity contribution in [3.63, 3.8) is 0 Å². The van der Waals surface area contributed by atoms with Crippen molar-refractivity contribution in [2.75, 3.05) is 0 Å². The maximum Gasteiger partial charge on any atom is 0.111 e. The van der Waals surface area contributed by atoms with E-state index < -0.39 is 6.63 Å². The predicted octanol–water partition coefficient (Wildman–Crippen LogP) is 5.01. The van der Waals surface area contributed by atoms with Gasteiger partial charge in [-0.3, -0.25) is 0 Å². The number of hydrogen-bond donors (Lipinski definition) is 0. The second kappa shape index (κ2) is 5.09. The van der Waals surface area contributed by atoms with Gasteiger partial charge >= 0.3 is 0 Å². The standard InChI is InChI=1S/C8H6Cl3P/c9-8(6-12(10)11)7-4-2-1-3-5-7/h1-6H/b8-6-. The minimum absolute atomic E-state index is 0.603. The van der Waals surface area contributed by atoms with Gasteiger partial charge in [0.2, 0.25) is 0 Å². The third-order valence-electron chi connectivity index (χ3n) is 1.26. The normalized spacial score (nSPS) is 12.2. The van der Waals surface area contributed by atoms with Crippen LogP contribution in [0.15, 0.2) is 36.1 Å². The van der Waals surface area contributed by atoms with Gasteiger partial charge in [0.05, 0.1) is 5.03 Å². The van der Waals surface area contributed by atoms with Crippen LogP contribution in [0.2, 0.25) is 0 Å². The van der Waals surface area contributed by atoms with E-state index in [1.807, 2.05) is 30.3 Å². The molecule has 0 atom stereocenters. The molecule has 0 heterocycles. The highest BCUT2D eigenvalue weighted by molar-refractivity contribution is 8.06. The summed E-state index contributed by atoms with van der Waals surface area (Å²) >= 11 is 17.1. The van der Waals surface area contributed by atoms with Gasteiger partial charge in [-0.05, 0) is 11.4 Å². The van der Waals surface area contributed by atoms with E-state index >= 15 is 0 Å². The number of rotatable bonds is 2. The third-order valence-corrected chi connectivity index (χ3v) is 2.78. The van der Waals surface area contributed by atoms with E-state index in [4.69, 9.17) is 34.1 Å². The van der Waals surface area contributed by atoms with Crippen molar-refractivity contribution < 1.29 is 0 Å². The first-order valence-electron chi connectivity index (χ1n) is 3.23. The third kappa shape index (κ3) is 3.33. The minimum Gasteiger partial charge on any atom is -0.0836 e. The Hall–Kier alpha value is 0.260. The monoisotopic (exact) mass is 238 g/mol. The van der Waals surface area contributed by atoms with Gasteiger partial charge in [0.15, 0.2) is 0 Å². The van der Waals surface area contributed by atoms with Crippen LogP contribution in [0, 0.1) is 0 Å². The molecule has 1 aromatic rings. The Labute approximate surface area is 87.5 Å². The SMILES string of the molecule is Cl/C(=C\P(Cl)Cl)c1ccccc1. The molecule has 12 heavy (non-hydrogen) atoms. The van der Waals surface area contributed by atoms with Crippen LogP contribution in [-0.4, -0.2) is 0 Å². The zero-order valence-electron chi connectivity index (χ0n) is 6.05. The van der Waals surface area contributed by atoms with Crippen LogP contribution in [0.25, 0.3) is 5.03 Å². The summed E-state index contributed by atoms with van der Waals surface area (Å²) in [5.74, 6) is 1.65. The first-order valence-corrected chi connectivity index (χ1v) is 6.83. The Morgan fingerprint density at radius 2 is 1.75 bits per heavy atom. The zero-order valence-corrected chi connectivity index (χ0v) is 9.21. The quantitative estimate of drug-likeness (QED) is 0.636. The molecular weight excluding hydrogens is 233 g/mol. The minimum atomic E-state index is -1.11. The molecule has 0 saturated carbocycles. The van der Waals surface area contributed by atoms with Crippen LogP contribution in [0.3, 0.4) is 0 Å². The molecule has 1 rings (SSSR count). The molecule has 0 bridgehead atoms. The Bertz CT molecular complexity index is 269. The van der Waals surface area contributed by atoms with E-state index in [-0.39, 0.29) is 0 Å². The lowest BCUT2D eigenvalue weighted by atomic mass is 10.2. The molecule has 0 unspecified atom stereocenters. The summed E-state index contributed by atoms with van der Waals surface area (Å²) in [5.41, 5.74) is 0.938. The summed E-state index contributed by atoms with van der Waals surface area (Å²) in [7, 11) is 0. The van der Waals surface area contributed by atoms with Crippen LogP contribution in [0.5, 0.6) is 0 Å². The fourth-order valence-electron chi connectivity index (χ4n) is 0.758. The van der Waals surface area contributed by atoms with Crippen molar-refractivity contribution >= 4 is 45.7 Å². The molecule has 0 N–H and O–H groups in total. The molecular formula is C8H6Cl3P. The summed E-state index contributed by atoms with van der Waals surface area (Å²) in [5, 5.41) is 0.603. The summed E-state index contributed by atoms with van der Waals surface area (Å²) in [4.78, 5) is 0. The molecule has 0 spiro atoms. The number of benzene rings is 1. The Kier molecular flexibility index (Phi) is 4.39. The van der Waals surface area contributed by atoms with Crippen molar-refractivity contribution in [2.24, 2.45) is 0 Å². The highest BCUT2D eigenvalue weighted by Gasteiger charge is 1.99. The largest absolute Gasteiger partial charge is 0.111 e. The van der Waals surface area contributed by atoms with Crippen molar-refractivity contribution in [3.8, 4) is 0 Å². The Morgan fingerprint density at radius 3 is 2.25 bits per heavy atom. The maximum atomic E-state index is 5.91. The zero-order chi connectivity index (χ0) is 8.97. The second-order valence-corrected chi connectivity index (χ2v) is 5.99. The van der Waals surface area contributed by atoms with Gasteiger partial charge in [0.25, 0.3) is 0 Å². The molecule has 64 valence electrons. The van der Waals surface area contributed by atoms with Gasteiger partial charge in [-0.1, -0.05) is 64.4 Å². The molecule has 1 aromatic carbocycles. The van der Waals surface area contributed by atoms with Crippen LogP contribution >= 0.6 is 40.7 Å². The maximum absolute atomic E-state index is 5.91. The number of halogens is 3. The molecule has 0 aromatic heterocycles. The molecule has 0 aliphatic rings. The van der Waals surface area contributed by atoms with Crippen LogP contribution in [0.4, 0.5) is 0 Å². The lowest BCUT2D eigenvalue weighted by Gasteiger charge is -1.98. The molecule has 4 heteroatoms. The molecule has 0 nitrogen and oxygen atoms in total. The molecule has 0 fully saturated rings. The Morgan fingerprint density at radius 1 is 1.17 bits per heavy atom. The molecule has 0 saturated heterocycles. The topological polar surface area (TPSA) is 0 Å². The summed E-state index contributed by atoms with van der Waals surface area (Å²) in [6.45, 7) is -1.11. The van der Waals surface area contributed by atoms with Crippen molar-refractivity contribution in [1.29, 1.82) is 0 Å². The summed E-state index contributed by atoms with van der Waals surface area (Å²) in [6, 6.07) is 9.57. The fourth-order valence-corrected chi connectivity index (χ4v) is 2.38. The summed E-state index contributed by atoms with van der Waals surface area (Å²) in [6.07, 6.45) is 0. The number of hydrogen-bond acceptors (Lipinski definition) is 0. The van der Waals surface area contributed by atoms with Gasteiger partial charge in [0.1, 0.15) is 6.63 Å². The van der Waals surface area contributed by atoms with Gasteiger partial charge < -0.3 is 0 Å². The van der Waals surface area contributed by atoms with E-state index in [1.165, 1.54) is 0 Å². The van der Waals surface area contributed by atoms with Crippen molar-refractivity contribution in [1.82, 2.24) is 0 Å². The second-order valence-electron chi connectivity index (χ2n) is 2.10. The van der Waals surface area contributed by atoms with Gasteiger partial charge in [-0.15, -0.1) is 0 Å². The molecule has 0 aliphatic heterocycles. The molecule has 0 aliphatic carbocycles. The first-order chi connectivity index (χ1) is 5.70. The average Bonchev–Trinajstić information content (AvgIpc) is 2.05. The highest BCUT2D eigenvalue weighted by Crippen LogP contribution is 2.50. The van der Waals surface area contributed by atoms with Crippen LogP contribution < -0.4 is 0 Å². The Balaban J connectivity index is 2.85. The van der Waals surface area contributed by atoms with Gasteiger partial charge in [-0.2, -0.15) is 0 Å². The summed E-state index contributed by atoms with van der Waals surface area (Å²) < 4.78 is 0. The average molecular weight is 239 g/mol. The van der Waals surface area contributed by atoms with E-state index in [1.54, 1.807) is 5.82 Å².